The number of hydrogen-bond donors (Lipinski definition) is 2. The molecule has 2 unspecified atom stereocenters. The van der Waals surface area contributed by atoms with Crippen LogP contribution in [0.4, 0.5) is 5.69 Å². The van der Waals surface area contributed by atoms with Crippen molar-refractivity contribution in [1.29, 1.82) is 0 Å². The van der Waals surface area contributed by atoms with E-state index in [4.69, 9.17) is 0 Å². The Hall–Kier alpha value is -1.95. The predicted molar refractivity (Wildman–Crippen MR) is 80.2 cm³/mol. The summed E-state index contributed by atoms with van der Waals surface area (Å²) in [6, 6.07) is 4.21. The number of rotatable bonds is 6. The molecule has 1 aromatic rings. The van der Waals surface area contributed by atoms with E-state index in [1.54, 1.807) is 13.8 Å². The highest BCUT2D eigenvalue weighted by Gasteiger charge is 2.27. The van der Waals surface area contributed by atoms with Crippen LogP contribution in [0, 0.1) is 23.0 Å². The summed E-state index contributed by atoms with van der Waals surface area (Å²) in [5, 5.41) is 23.7. The first-order valence-electron chi connectivity index (χ1n) is 6.94. The van der Waals surface area contributed by atoms with Gasteiger partial charge in [-0.25, -0.2) is 0 Å². The molecule has 0 aliphatic carbocycles. The van der Waals surface area contributed by atoms with Gasteiger partial charge in [-0.05, 0) is 31.9 Å². The summed E-state index contributed by atoms with van der Waals surface area (Å²) in [7, 11) is 0. The first-order chi connectivity index (χ1) is 9.69. The van der Waals surface area contributed by atoms with Crippen molar-refractivity contribution in [1.82, 2.24) is 5.32 Å². The minimum Gasteiger partial charge on any atom is -0.388 e. The van der Waals surface area contributed by atoms with Crippen molar-refractivity contribution in [2.75, 3.05) is 6.54 Å². The zero-order valence-electron chi connectivity index (χ0n) is 12.8. The Morgan fingerprint density at radius 3 is 2.62 bits per heavy atom. The Kier molecular flexibility index (Phi) is 5.43. The van der Waals surface area contributed by atoms with Gasteiger partial charge in [0.05, 0.1) is 10.5 Å². The molecule has 0 radical (unpaired) electrons. The van der Waals surface area contributed by atoms with E-state index in [9.17, 15) is 20.0 Å². The summed E-state index contributed by atoms with van der Waals surface area (Å²) in [5.74, 6) is -0.298. The Morgan fingerprint density at radius 2 is 2.14 bits per heavy atom. The smallest absolute Gasteiger partial charge is 0.272 e. The summed E-state index contributed by atoms with van der Waals surface area (Å²) < 4.78 is 0. The number of aliphatic hydroxyl groups is 1. The molecular weight excluding hydrogens is 272 g/mol. The van der Waals surface area contributed by atoms with E-state index in [0.717, 1.165) is 6.42 Å². The number of carbonyl (C=O) groups excluding carboxylic acids is 1. The SMILES string of the molecule is CCC(C)C(C)(O)CNC(=O)c1ccc([N+](=O)[O-])c(C)c1. The van der Waals surface area contributed by atoms with Gasteiger partial charge in [-0.15, -0.1) is 0 Å². The quantitative estimate of drug-likeness (QED) is 0.622. The highest BCUT2D eigenvalue weighted by molar-refractivity contribution is 5.94. The van der Waals surface area contributed by atoms with Gasteiger partial charge in [-0.3, -0.25) is 14.9 Å². The molecule has 116 valence electrons. The molecule has 1 amide bonds. The highest BCUT2D eigenvalue weighted by atomic mass is 16.6. The maximum atomic E-state index is 12.0. The number of nitrogens with one attached hydrogen (secondary N) is 1. The molecular formula is C15H22N2O4. The monoisotopic (exact) mass is 294 g/mol. The standard InChI is InChI=1S/C15H22N2O4/c1-5-11(3)15(4,19)9-16-14(18)12-6-7-13(17(20)21)10(2)8-12/h6-8,11,19H,5,9H2,1-4H3,(H,16,18). The van der Waals surface area contributed by atoms with Gasteiger partial charge in [-0.1, -0.05) is 20.3 Å². The Bertz CT molecular complexity index is 540. The van der Waals surface area contributed by atoms with Gasteiger partial charge in [0.15, 0.2) is 0 Å². The molecule has 2 atom stereocenters. The fraction of sp³-hybridized carbons (Fsp3) is 0.533. The number of nitro benzene ring substituents is 1. The molecule has 6 heteroatoms. The number of amides is 1. The van der Waals surface area contributed by atoms with Crippen LogP contribution in [0.15, 0.2) is 18.2 Å². The summed E-state index contributed by atoms with van der Waals surface area (Å²) in [6.45, 7) is 7.30. The lowest BCUT2D eigenvalue weighted by Crippen LogP contribution is -2.45. The third kappa shape index (κ3) is 4.26. The molecule has 0 heterocycles. The zero-order valence-corrected chi connectivity index (χ0v) is 12.8. The second kappa shape index (κ2) is 6.67. The van der Waals surface area contributed by atoms with Crippen molar-refractivity contribution >= 4 is 11.6 Å². The van der Waals surface area contributed by atoms with Crippen LogP contribution in [-0.2, 0) is 0 Å². The van der Waals surface area contributed by atoms with E-state index < -0.39 is 10.5 Å². The fourth-order valence-corrected chi connectivity index (χ4v) is 1.98. The molecule has 2 N–H and O–H groups in total. The van der Waals surface area contributed by atoms with Crippen molar-refractivity contribution in [3.05, 3.63) is 39.4 Å². The summed E-state index contributed by atoms with van der Waals surface area (Å²) in [5.41, 5.74) is -0.224. The Morgan fingerprint density at radius 1 is 1.52 bits per heavy atom. The van der Waals surface area contributed by atoms with Crippen LogP contribution in [0.2, 0.25) is 0 Å². The molecule has 6 nitrogen and oxygen atoms in total. The molecule has 0 aliphatic heterocycles. The second-order valence-electron chi connectivity index (χ2n) is 5.61. The highest BCUT2D eigenvalue weighted by Crippen LogP contribution is 2.20. The number of carbonyl (C=O) groups is 1. The molecule has 0 spiro atoms. The van der Waals surface area contributed by atoms with E-state index in [0.29, 0.717) is 11.1 Å². The van der Waals surface area contributed by atoms with Crippen LogP contribution < -0.4 is 5.32 Å². The third-order valence-electron chi connectivity index (χ3n) is 3.94. The van der Waals surface area contributed by atoms with Gasteiger partial charge < -0.3 is 10.4 Å². The van der Waals surface area contributed by atoms with Crippen molar-refractivity contribution in [2.24, 2.45) is 5.92 Å². The first kappa shape index (κ1) is 17.1. The topological polar surface area (TPSA) is 92.5 Å². The lowest BCUT2D eigenvalue weighted by Gasteiger charge is -2.29. The molecule has 1 aromatic carbocycles. The van der Waals surface area contributed by atoms with Crippen molar-refractivity contribution in [2.45, 2.75) is 39.7 Å². The predicted octanol–water partition coefficient (Wildman–Crippen LogP) is 2.43. The average Bonchev–Trinajstić information content (AvgIpc) is 2.43. The number of nitro groups is 1. The lowest BCUT2D eigenvalue weighted by molar-refractivity contribution is -0.385. The van der Waals surface area contributed by atoms with E-state index in [1.165, 1.54) is 18.2 Å². The van der Waals surface area contributed by atoms with E-state index >= 15 is 0 Å². The molecule has 1 rings (SSSR count). The number of aryl methyl sites for hydroxylation is 1. The van der Waals surface area contributed by atoms with Crippen molar-refractivity contribution in [3.8, 4) is 0 Å². The Labute approximate surface area is 124 Å². The van der Waals surface area contributed by atoms with Crippen LogP contribution in [-0.4, -0.2) is 28.1 Å². The zero-order chi connectivity index (χ0) is 16.2. The largest absolute Gasteiger partial charge is 0.388 e. The molecule has 0 aliphatic rings. The lowest BCUT2D eigenvalue weighted by atomic mass is 9.88. The van der Waals surface area contributed by atoms with Gasteiger partial charge in [0, 0.05) is 23.7 Å². The average molecular weight is 294 g/mol. The normalized spacial score (nSPS) is 15.1. The second-order valence-corrected chi connectivity index (χ2v) is 5.61. The molecule has 0 bridgehead atoms. The van der Waals surface area contributed by atoms with Gasteiger partial charge in [0.1, 0.15) is 0 Å². The molecule has 0 aromatic heterocycles. The Balaban J connectivity index is 2.77. The minimum absolute atomic E-state index is 0.0156. The third-order valence-corrected chi connectivity index (χ3v) is 3.94. The van der Waals surface area contributed by atoms with E-state index in [1.807, 2.05) is 13.8 Å². The van der Waals surface area contributed by atoms with E-state index in [2.05, 4.69) is 5.32 Å². The van der Waals surface area contributed by atoms with E-state index in [-0.39, 0.29) is 24.1 Å². The van der Waals surface area contributed by atoms with Crippen LogP contribution in [0.25, 0.3) is 0 Å². The molecule has 21 heavy (non-hydrogen) atoms. The van der Waals surface area contributed by atoms with Gasteiger partial charge >= 0.3 is 0 Å². The van der Waals surface area contributed by atoms with Gasteiger partial charge in [0.2, 0.25) is 0 Å². The number of hydrogen-bond acceptors (Lipinski definition) is 4. The van der Waals surface area contributed by atoms with Crippen molar-refractivity contribution < 1.29 is 14.8 Å². The fourth-order valence-electron chi connectivity index (χ4n) is 1.98. The molecule has 0 fully saturated rings. The van der Waals surface area contributed by atoms with Gasteiger partial charge in [-0.2, -0.15) is 0 Å². The maximum Gasteiger partial charge on any atom is 0.272 e. The summed E-state index contributed by atoms with van der Waals surface area (Å²) in [6.07, 6.45) is 0.805. The minimum atomic E-state index is -0.986. The maximum absolute atomic E-state index is 12.0. The van der Waals surface area contributed by atoms with Gasteiger partial charge in [0.25, 0.3) is 11.6 Å². The van der Waals surface area contributed by atoms with Crippen molar-refractivity contribution in [3.63, 3.8) is 0 Å². The first-order valence-corrected chi connectivity index (χ1v) is 6.94. The van der Waals surface area contributed by atoms with Crippen LogP contribution in [0.3, 0.4) is 0 Å². The van der Waals surface area contributed by atoms with Crippen LogP contribution in [0.1, 0.15) is 43.1 Å². The van der Waals surface area contributed by atoms with Crippen LogP contribution in [0.5, 0.6) is 0 Å². The summed E-state index contributed by atoms with van der Waals surface area (Å²) in [4.78, 5) is 22.3. The number of benzene rings is 1. The summed E-state index contributed by atoms with van der Waals surface area (Å²) >= 11 is 0. The van der Waals surface area contributed by atoms with Crippen LogP contribution >= 0.6 is 0 Å². The molecule has 0 saturated heterocycles. The molecule has 0 saturated carbocycles. The number of nitrogens with zero attached hydrogens (tertiary/aromatic N) is 1.